The molecule has 7 rings (SSSR count). The van der Waals surface area contributed by atoms with Crippen molar-refractivity contribution in [2.45, 2.75) is 37.0 Å². The summed E-state index contributed by atoms with van der Waals surface area (Å²) in [6.45, 7) is 0. The Balaban J connectivity index is 1.16. The molecule has 1 aliphatic carbocycles. The second-order valence-corrected chi connectivity index (χ2v) is 8.97. The highest BCUT2D eigenvalue weighted by atomic mass is 19.4. The molecule has 3 atom stereocenters. The zero-order valence-corrected chi connectivity index (χ0v) is 18.0. The van der Waals surface area contributed by atoms with Gasteiger partial charge in [-0.3, -0.25) is 4.79 Å². The maximum atomic E-state index is 13.1. The zero-order valence-electron chi connectivity index (χ0n) is 18.0. The molecule has 2 aromatic carbocycles. The average molecular weight is 478 g/mol. The minimum Gasteiger partial charge on any atom is -0.489 e. The number of H-pyrrole nitrogens is 1. The number of fused-ring (bicyclic) bond motifs is 5. The van der Waals surface area contributed by atoms with E-state index in [1.807, 2.05) is 18.2 Å². The highest BCUT2D eigenvalue weighted by Crippen LogP contribution is 2.63. The SMILES string of the molecule is O=C1CCc2c(Oc3ccc4c(c3)[C@@H]3[C@@H](O4)[C@H]3c3nc4ccc(C(F)(F)F)cc4[nH]3)ccnc2N1. The summed E-state index contributed by atoms with van der Waals surface area (Å²) in [5.74, 6) is 3.07. The molecule has 4 heterocycles. The standard InChI is InChI=1S/C25H17F3N4O3/c26-25(27,28)11-1-4-15-16(9-11)31-24(30-15)21-20-14-10-12(2-5-17(14)35-22(20)21)34-18-7-8-29-23-13(18)3-6-19(33)32-23/h1-2,4-5,7-10,20-22H,3,6H2,(H,30,31)(H,29,32,33)/t20-,21-,22+/m0/s1. The Labute approximate surface area is 196 Å². The highest BCUT2D eigenvalue weighted by Gasteiger charge is 2.61. The van der Waals surface area contributed by atoms with E-state index in [2.05, 4.69) is 20.3 Å². The van der Waals surface area contributed by atoms with Crippen LogP contribution in [0, 0.1) is 0 Å². The molecule has 35 heavy (non-hydrogen) atoms. The number of ether oxygens (including phenoxy) is 2. The van der Waals surface area contributed by atoms with Gasteiger partial charge < -0.3 is 19.8 Å². The quantitative estimate of drug-likeness (QED) is 0.417. The van der Waals surface area contributed by atoms with E-state index in [4.69, 9.17) is 9.47 Å². The van der Waals surface area contributed by atoms with Gasteiger partial charge in [-0.05, 0) is 48.9 Å². The fourth-order valence-electron chi connectivity index (χ4n) is 5.07. The molecular weight excluding hydrogens is 461 g/mol. The van der Waals surface area contributed by atoms with Gasteiger partial charge in [-0.15, -0.1) is 0 Å². The third-order valence-electron chi connectivity index (χ3n) is 6.80. The van der Waals surface area contributed by atoms with Crippen LogP contribution in [0.4, 0.5) is 19.0 Å². The number of hydrogen-bond donors (Lipinski definition) is 2. The first-order valence-electron chi connectivity index (χ1n) is 11.2. The Morgan fingerprint density at radius 1 is 1.06 bits per heavy atom. The molecule has 2 aliphatic heterocycles. The van der Waals surface area contributed by atoms with Gasteiger partial charge in [0.05, 0.1) is 22.5 Å². The number of hydrogen-bond acceptors (Lipinski definition) is 5. The van der Waals surface area contributed by atoms with Gasteiger partial charge in [0.15, 0.2) is 0 Å². The lowest BCUT2D eigenvalue weighted by Crippen LogP contribution is -2.20. The van der Waals surface area contributed by atoms with Crippen LogP contribution in [0.2, 0.25) is 0 Å². The maximum absolute atomic E-state index is 13.1. The van der Waals surface area contributed by atoms with Gasteiger partial charge in [-0.2, -0.15) is 13.2 Å². The van der Waals surface area contributed by atoms with Crippen molar-refractivity contribution < 1.29 is 27.4 Å². The zero-order chi connectivity index (χ0) is 23.9. The molecular formula is C25H17F3N4O3. The van der Waals surface area contributed by atoms with Crippen LogP contribution in [0.25, 0.3) is 11.0 Å². The van der Waals surface area contributed by atoms with Crippen molar-refractivity contribution in [1.29, 1.82) is 0 Å². The molecule has 0 radical (unpaired) electrons. The number of nitrogens with one attached hydrogen (secondary N) is 2. The smallest absolute Gasteiger partial charge is 0.416 e. The topological polar surface area (TPSA) is 89.1 Å². The number of carbonyl (C=O) groups is 1. The van der Waals surface area contributed by atoms with E-state index in [1.54, 1.807) is 12.3 Å². The van der Waals surface area contributed by atoms with Gasteiger partial charge in [0, 0.05) is 29.7 Å². The molecule has 7 nitrogen and oxygen atoms in total. The Hall–Kier alpha value is -4.08. The van der Waals surface area contributed by atoms with Gasteiger partial charge in [0.1, 0.15) is 35.0 Å². The summed E-state index contributed by atoms with van der Waals surface area (Å²) >= 11 is 0. The first-order valence-corrected chi connectivity index (χ1v) is 11.2. The molecule has 0 bridgehead atoms. The number of halogens is 3. The van der Waals surface area contributed by atoms with Crippen LogP contribution in [0.3, 0.4) is 0 Å². The number of carbonyl (C=O) groups excluding carboxylic acids is 1. The van der Waals surface area contributed by atoms with Crippen LogP contribution >= 0.6 is 0 Å². The Morgan fingerprint density at radius 3 is 2.80 bits per heavy atom. The first-order chi connectivity index (χ1) is 16.8. The molecule has 0 spiro atoms. The molecule has 1 saturated carbocycles. The second-order valence-electron chi connectivity index (χ2n) is 8.97. The molecule has 3 aliphatic rings. The number of aromatic amines is 1. The van der Waals surface area contributed by atoms with Crippen LogP contribution in [-0.2, 0) is 17.4 Å². The summed E-state index contributed by atoms with van der Waals surface area (Å²) < 4.78 is 51.4. The molecule has 176 valence electrons. The van der Waals surface area contributed by atoms with Crippen molar-refractivity contribution in [2.75, 3.05) is 5.32 Å². The van der Waals surface area contributed by atoms with E-state index in [-0.39, 0.29) is 23.8 Å². The van der Waals surface area contributed by atoms with E-state index in [9.17, 15) is 18.0 Å². The summed E-state index contributed by atoms with van der Waals surface area (Å²) in [4.78, 5) is 23.5. The first kappa shape index (κ1) is 20.3. The summed E-state index contributed by atoms with van der Waals surface area (Å²) in [7, 11) is 0. The number of pyridine rings is 1. The predicted octanol–water partition coefficient (Wildman–Crippen LogP) is 5.30. The van der Waals surface area contributed by atoms with Crippen LogP contribution < -0.4 is 14.8 Å². The molecule has 2 aromatic heterocycles. The van der Waals surface area contributed by atoms with Crippen LogP contribution in [0.15, 0.2) is 48.7 Å². The van der Waals surface area contributed by atoms with Crippen LogP contribution in [-0.4, -0.2) is 27.0 Å². The largest absolute Gasteiger partial charge is 0.489 e. The van der Waals surface area contributed by atoms with Crippen molar-refractivity contribution in [3.63, 3.8) is 0 Å². The number of imidazole rings is 1. The highest BCUT2D eigenvalue weighted by molar-refractivity contribution is 5.93. The van der Waals surface area contributed by atoms with Gasteiger partial charge >= 0.3 is 6.18 Å². The van der Waals surface area contributed by atoms with Crippen molar-refractivity contribution in [3.05, 3.63) is 71.2 Å². The lowest BCUT2D eigenvalue weighted by atomic mass is 10.1. The van der Waals surface area contributed by atoms with E-state index in [0.29, 0.717) is 47.0 Å². The predicted molar refractivity (Wildman–Crippen MR) is 119 cm³/mol. The molecule has 1 fully saturated rings. The molecule has 10 heteroatoms. The fourth-order valence-corrected chi connectivity index (χ4v) is 5.07. The fraction of sp³-hybridized carbons (Fsp3) is 0.240. The van der Waals surface area contributed by atoms with Crippen molar-refractivity contribution >= 4 is 22.8 Å². The normalized spacial score (nSPS) is 22.1. The van der Waals surface area contributed by atoms with Crippen molar-refractivity contribution in [2.24, 2.45) is 0 Å². The Bertz CT molecular complexity index is 1530. The third kappa shape index (κ3) is 3.23. The van der Waals surface area contributed by atoms with Crippen LogP contribution in [0.5, 0.6) is 17.2 Å². The Morgan fingerprint density at radius 2 is 1.94 bits per heavy atom. The van der Waals surface area contributed by atoms with Gasteiger partial charge in [0.25, 0.3) is 0 Å². The average Bonchev–Trinajstić information content (AvgIpc) is 3.18. The van der Waals surface area contributed by atoms with Gasteiger partial charge in [0.2, 0.25) is 5.91 Å². The van der Waals surface area contributed by atoms with Crippen LogP contribution in [0.1, 0.15) is 40.8 Å². The van der Waals surface area contributed by atoms with Crippen molar-refractivity contribution in [3.8, 4) is 17.2 Å². The summed E-state index contributed by atoms with van der Waals surface area (Å²) in [6, 6.07) is 10.9. The minimum atomic E-state index is -4.41. The summed E-state index contributed by atoms with van der Waals surface area (Å²) in [6.07, 6.45) is -2.01. The molecule has 0 unspecified atom stereocenters. The molecule has 0 saturated heterocycles. The molecule has 1 amide bonds. The number of benzene rings is 2. The monoisotopic (exact) mass is 478 g/mol. The second kappa shape index (κ2) is 6.97. The van der Waals surface area contributed by atoms with Gasteiger partial charge in [-0.1, -0.05) is 0 Å². The lowest BCUT2D eigenvalue weighted by molar-refractivity contribution is -0.137. The molecule has 4 aromatic rings. The number of rotatable bonds is 3. The maximum Gasteiger partial charge on any atom is 0.416 e. The number of amides is 1. The number of anilines is 1. The van der Waals surface area contributed by atoms with E-state index >= 15 is 0 Å². The Kier molecular flexibility index (Phi) is 4.04. The lowest BCUT2D eigenvalue weighted by Gasteiger charge is -2.19. The summed E-state index contributed by atoms with van der Waals surface area (Å²) in [5, 5.41) is 2.77. The van der Waals surface area contributed by atoms with Crippen molar-refractivity contribution in [1.82, 2.24) is 15.0 Å². The third-order valence-corrected chi connectivity index (χ3v) is 6.80. The number of alkyl halides is 3. The van der Waals surface area contributed by atoms with E-state index in [0.717, 1.165) is 29.0 Å². The van der Waals surface area contributed by atoms with E-state index < -0.39 is 11.7 Å². The van der Waals surface area contributed by atoms with E-state index in [1.165, 1.54) is 6.07 Å². The summed E-state index contributed by atoms with van der Waals surface area (Å²) in [5.41, 5.74) is 1.96. The van der Waals surface area contributed by atoms with Gasteiger partial charge in [-0.25, -0.2) is 9.97 Å². The number of nitrogens with zero attached hydrogens (tertiary/aromatic N) is 2. The number of aromatic nitrogens is 3. The molecule has 2 N–H and O–H groups in total. The minimum absolute atomic E-state index is 0.0434.